The van der Waals surface area contributed by atoms with E-state index in [9.17, 15) is 0 Å². The molecule has 0 radical (unpaired) electrons. The molecule has 0 unspecified atom stereocenters. The highest BCUT2D eigenvalue weighted by Crippen LogP contribution is 2.21. The molecule has 13 heavy (non-hydrogen) atoms. The average Bonchev–Trinajstić information content (AvgIpc) is 2.17. The van der Waals surface area contributed by atoms with Crippen molar-refractivity contribution < 1.29 is 4.74 Å². The fraction of sp³-hybridized carbons (Fsp3) is 1.00. The summed E-state index contributed by atoms with van der Waals surface area (Å²) in [5.74, 6) is 0. The molecule has 0 heterocycles. The van der Waals surface area contributed by atoms with Crippen molar-refractivity contribution >= 4 is 0 Å². The minimum absolute atomic E-state index is 0.551. The maximum absolute atomic E-state index is 5.73. The summed E-state index contributed by atoms with van der Waals surface area (Å²) in [4.78, 5) is 0. The third-order valence-electron chi connectivity index (χ3n) is 2.72. The largest absolute Gasteiger partial charge is 0.378 e. The molecule has 0 atom stereocenters. The summed E-state index contributed by atoms with van der Waals surface area (Å²) in [5.41, 5.74) is 0. The van der Waals surface area contributed by atoms with Crippen LogP contribution in [0.2, 0.25) is 0 Å². The summed E-state index contributed by atoms with van der Waals surface area (Å²) in [7, 11) is 0. The third kappa shape index (κ3) is 4.10. The average molecular weight is 185 g/mol. The van der Waals surface area contributed by atoms with Crippen molar-refractivity contribution in [2.75, 3.05) is 13.2 Å². The third-order valence-corrected chi connectivity index (χ3v) is 2.72. The van der Waals surface area contributed by atoms with Crippen LogP contribution in [-0.2, 0) is 4.74 Å². The first-order chi connectivity index (χ1) is 6.36. The zero-order valence-corrected chi connectivity index (χ0v) is 9.01. The van der Waals surface area contributed by atoms with Crippen molar-refractivity contribution in [3.05, 3.63) is 0 Å². The molecule has 1 rings (SSSR count). The van der Waals surface area contributed by atoms with E-state index in [1.165, 1.54) is 25.7 Å². The molecule has 0 aliphatic heterocycles. The van der Waals surface area contributed by atoms with Gasteiger partial charge in [-0.1, -0.05) is 13.8 Å². The van der Waals surface area contributed by atoms with Gasteiger partial charge in [0.2, 0.25) is 0 Å². The van der Waals surface area contributed by atoms with Gasteiger partial charge in [-0.3, -0.25) is 0 Å². The van der Waals surface area contributed by atoms with Crippen LogP contribution in [0.25, 0.3) is 0 Å². The van der Waals surface area contributed by atoms with E-state index in [1.54, 1.807) is 0 Å². The van der Waals surface area contributed by atoms with E-state index in [1.807, 2.05) is 0 Å². The SMILES string of the molecule is CCCOC1CCC(NCC)CC1. The quantitative estimate of drug-likeness (QED) is 0.710. The fourth-order valence-corrected chi connectivity index (χ4v) is 2.01. The predicted molar refractivity (Wildman–Crippen MR) is 56.0 cm³/mol. The van der Waals surface area contributed by atoms with Crippen LogP contribution in [-0.4, -0.2) is 25.3 Å². The Bertz CT molecular complexity index is 119. The fourth-order valence-electron chi connectivity index (χ4n) is 2.01. The summed E-state index contributed by atoms with van der Waals surface area (Å²) in [6, 6.07) is 0.756. The van der Waals surface area contributed by atoms with E-state index in [0.29, 0.717) is 6.10 Å². The van der Waals surface area contributed by atoms with Gasteiger partial charge in [0.05, 0.1) is 6.10 Å². The molecule has 1 N–H and O–H groups in total. The van der Waals surface area contributed by atoms with E-state index in [-0.39, 0.29) is 0 Å². The Morgan fingerprint density at radius 1 is 1.15 bits per heavy atom. The lowest BCUT2D eigenvalue weighted by Crippen LogP contribution is -2.35. The second kappa shape index (κ2) is 6.39. The minimum Gasteiger partial charge on any atom is -0.378 e. The van der Waals surface area contributed by atoms with Gasteiger partial charge in [-0.05, 0) is 38.6 Å². The van der Waals surface area contributed by atoms with Gasteiger partial charge in [-0.15, -0.1) is 0 Å². The van der Waals surface area contributed by atoms with Crippen LogP contribution >= 0.6 is 0 Å². The van der Waals surface area contributed by atoms with Crippen LogP contribution in [0, 0.1) is 0 Å². The molecule has 1 saturated carbocycles. The molecule has 2 heteroatoms. The number of ether oxygens (including phenoxy) is 1. The van der Waals surface area contributed by atoms with Crippen LogP contribution in [0.15, 0.2) is 0 Å². The van der Waals surface area contributed by atoms with Gasteiger partial charge in [0.25, 0.3) is 0 Å². The van der Waals surface area contributed by atoms with Crippen molar-refractivity contribution in [3.8, 4) is 0 Å². The second-order valence-electron chi connectivity index (χ2n) is 3.90. The standard InChI is InChI=1S/C11H23NO/c1-3-9-13-11-7-5-10(6-8-11)12-4-2/h10-12H,3-9H2,1-2H3. The van der Waals surface area contributed by atoms with E-state index in [2.05, 4.69) is 19.2 Å². The van der Waals surface area contributed by atoms with Crippen LogP contribution < -0.4 is 5.32 Å². The molecule has 0 amide bonds. The van der Waals surface area contributed by atoms with Gasteiger partial charge < -0.3 is 10.1 Å². The molecular weight excluding hydrogens is 162 g/mol. The Kier molecular flexibility index (Phi) is 5.40. The molecule has 0 aromatic heterocycles. The lowest BCUT2D eigenvalue weighted by Gasteiger charge is -2.28. The van der Waals surface area contributed by atoms with Crippen LogP contribution in [0.4, 0.5) is 0 Å². The molecule has 2 nitrogen and oxygen atoms in total. The molecule has 1 fully saturated rings. The second-order valence-corrected chi connectivity index (χ2v) is 3.90. The number of rotatable bonds is 5. The zero-order chi connectivity index (χ0) is 9.52. The smallest absolute Gasteiger partial charge is 0.0576 e. The first-order valence-corrected chi connectivity index (χ1v) is 5.71. The summed E-state index contributed by atoms with van der Waals surface area (Å²) >= 11 is 0. The molecule has 1 aliphatic carbocycles. The minimum atomic E-state index is 0.551. The maximum Gasteiger partial charge on any atom is 0.0576 e. The van der Waals surface area contributed by atoms with Crippen molar-refractivity contribution in [1.29, 1.82) is 0 Å². The zero-order valence-electron chi connectivity index (χ0n) is 9.01. The maximum atomic E-state index is 5.73. The van der Waals surface area contributed by atoms with Crippen LogP contribution in [0.3, 0.4) is 0 Å². The first kappa shape index (κ1) is 11.0. The van der Waals surface area contributed by atoms with Crippen LogP contribution in [0.1, 0.15) is 46.0 Å². The highest BCUT2D eigenvalue weighted by Gasteiger charge is 2.20. The highest BCUT2D eigenvalue weighted by atomic mass is 16.5. The number of nitrogens with one attached hydrogen (secondary N) is 1. The topological polar surface area (TPSA) is 21.3 Å². The van der Waals surface area contributed by atoms with Gasteiger partial charge in [0.1, 0.15) is 0 Å². The van der Waals surface area contributed by atoms with Gasteiger partial charge in [-0.25, -0.2) is 0 Å². The van der Waals surface area contributed by atoms with Crippen molar-refractivity contribution in [3.63, 3.8) is 0 Å². The Balaban J connectivity index is 2.08. The number of hydrogen-bond donors (Lipinski definition) is 1. The van der Waals surface area contributed by atoms with E-state index in [0.717, 1.165) is 25.6 Å². The summed E-state index contributed by atoms with van der Waals surface area (Å²) in [6.45, 7) is 6.39. The molecule has 78 valence electrons. The molecule has 0 aromatic carbocycles. The van der Waals surface area contributed by atoms with Crippen molar-refractivity contribution in [1.82, 2.24) is 5.32 Å². The van der Waals surface area contributed by atoms with E-state index >= 15 is 0 Å². The Hall–Kier alpha value is -0.0800. The Labute approximate surface area is 82.0 Å². The van der Waals surface area contributed by atoms with Crippen molar-refractivity contribution in [2.24, 2.45) is 0 Å². The van der Waals surface area contributed by atoms with Gasteiger partial charge in [0.15, 0.2) is 0 Å². The summed E-state index contributed by atoms with van der Waals surface area (Å²) in [5, 5.41) is 3.51. The van der Waals surface area contributed by atoms with Gasteiger partial charge >= 0.3 is 0 Å². The predicted octanol–water partition coefficient (Wildman–Crippen LogP) is 2.33. The van der Waals surface area contributed by atoms with Gasteiger partial charge in [-0.2, -0.15) is 0 Å². The monoisotopic (exact) mass is 185 g/mol. The van der Waals surface area contributed by atoms with E-state index in [4.69, 9.17) is 4.74 Å². The van der Waals surface area contributed by atoms with Crippen LogP contribution in [0.5, 0.6) is 0 Å². The van der Waals surface area contributed by atoms with E-state index < -0.39 is 0 Å². The molecule has 0 saturated heterocycles. The first-order valence-electron chi connectivity index (χ1n) is 5.71. The molecule has 0 bridgehead atoms. The summed E-state index contributed by atoms with van der Waals surface area (Å²) < 4.78 is 5.73. The van der Waals surface area contributed by atoms with Crippen molar-refractivity contribution in [2.45, 2.75) is 58.1 Å². The Morgan fingerprint density at radius 3 is 2.38 bits per heavy atom. The lowest BCUT2D eigenvalue weighted by molar-refractivity contribution is 0.0230. The molecular formula is C11H23NO. The number of hydrogen-bond acceptors (Lipinski definition) is 2. The molecule has 1 aliphatic rings. The summed E-state index contributed by atoms with van der Waals surface area (Å²) in [6.07, 6.45) is 6.78. The Morgan fingerprint density at radius 2 is 1.85 bits per heavy atom. The highest BCUT2D eigenvalue weighted by molar-refractivity contribution is 4.76. The normalized spacial score (nSPS) is 29.1. The van der Waals surface area contributed by atoms with Gasteiger partial charge in [0, 0.05) is 12.6 Å². The lowest BCUT2D eigenvalue weighted by atomic mass is 9.93. The molecule has 0 spiro atoms. The molecule has 0 aromatic rings.